The van der Waals surface area contributed by atoms with Gasteiger partial charge in [-0.05, 0) is 18.2 Å². The van der Waals surface area contributed by atoms with Crippen LogP contribution in [0.2, 0.25) is 5.02 Å². The second kappa shape index (κ2) is 7.53. The first-order valence-electron chi connectivity index (χ1n) is 8.36. The number of ether oxygens (including phenoxy) is 1. The highest BCUT2D eigenvalue weighted by Gasteiger charge is 2.17. The number of aryl methyl sites for hydroxylation is 1. The maximum Gasteiger partial charge on any atom is 0.359 e. The summed E-state index contributed by atoms with van der Waals surface area (Å²) in [6, 6.07) is 14.2. The van der Waals surface area contributed by atoms with Gasteiger partial charge in [0.15, 0.2) is 5.69 Å². The summed E-state index contributed by atoms with van der Waals surface area (Å²) in [5.41, 5.74) is 1.42. The number of benzene rings is 2. The first-order chi connectivity index (χ1) is 13.5. The number of halogens is 1. The normalized spacial score (nSPS) is 10.9. The standard InChI is InChI=1S/C20H14ClN3O3S/c1-24-19(25)16-5-3-2-4-15(16)17(23-24)20(26)27-10-14-11-28-18(22-14)12-6-8-13(21)9-7-12/h2-9,11H,10H2,1H3. The van der Waals surface area contributed by atoms with Gasteiger partial charge in [-0.1, -0.05) is 41.9 Å². The van der Waals surface area contributed by atoms with E-state index < -0.39 is 5.97 Å². The van der Waals surface area contributed by atoms with E-state index in [2.05, 4.69) is 10.1 Å². The number of nitrogens with zero attached hydrogens (tertiary/aromatic N) is 3. The number of thiazole rings is 1. The summed E-state index contributed by atoms with van der Waals surface area (Å²) in [5.74, 6) is -0.604. The smallest absolute Gasteiger partial charge is 0.359 e. The summed E-state index contributed by atoms with van der Waals surface area (Å²) < 4.78 is 6.53. The van der Waals surface area contributed by atoms with Crippen LogP contribution in [0.3, 0.4) is 0 Å². The molecule has 0 fully saturated rings. The van der Waals surface area contributed by atoms with Crippen molar-refractivity contribution in [1.29, 1.82) is 0 Å². The molecule has 0 atom stereocenters. The highest BCUT2D eigenvalue weighted by molar-refractivity contribution is 7.13. The van der Waals surface area contributed by atoms with Crippen LogP contribution >= 0.6 is 22.9 Å². The molecule has 0 aliphatic carbocycles. The summed E-state index contributed by atoms with van der Waals surface area (Å²) >= 11 is 7.36. The lowest BCUT2D eigenvalue weighted by Crippen LogP contribution is -2.23. The molecule has 2 aromatic heterocycles. The Morgan fingerprint density at radius 3 is 2.61 bits per heavy atom. The Morgan fingerprint density at radius 2 is 1.86 bits per heavy atom. The largest absolute Gasteiger partial charge is 0.454 e. The van der Waals surface area contributed by atoms with E-state index in [1.165, 1.54) is 18.4 Å². The third-order valence-electron chi connectivity index (χ3n) is 4.14. The van der Waals surface area contributed by atoms with Crippen LogP contribution < -0.4 is 5.56 Å². The monoisotopic (exact) mass is 411 g/mol. The van der Waals surface area contributed by atoms with Crippen LogP contribution in [0.25, 0.3) is 21.3 Å². The second-order valence-electron chi connectivity index (χ2n) is 6.05. The molecule has 0 N–H and O–H groups in total. The van der Waals surface area contributed by atoms with E-state index in [-0.39, 0.29) is 17.9 Å². The third kappa shape index (κ3) is 3.54. The van der Waals surface area contributed by atoms with Gasteiger partial charge in [0.05, 0.1) is 11.1 Å². The fraction of sp³-hybridized carbons (Fsp3) is 0.100. The number of carbonyl (C=O) groups is 1. The Balaban J connectivity index is 1.54. The van der Waals surface area contributed by atoms with Crippen molar-refractivity contribution in [2.24, 2.45) is 7.05 Å². The van der Waals surface area contributed by atoms with E-state index >= 15 is 0 Å². The SMILES string of the molecule is Cn1nc(C(=O)OCc2csc(-c3ccc(Cl)cc3)n2)c2ccccc2c1=O. The molecule has 0 bridgehead atoms. The second-order valence-corrected chi connectivity index (χ2v) is 7.34. The molecular weight excluding hydrogens is 398 g/mol. The average molecular weight is 412 g/mol. The van der Waals surface area contributed by atoms with Gasteiger partial charge in [0.2, 0.25) is 0 Å². The third-order valence-corrected chi connectivity index (χ3v) is 5.34. The van der Waals surface area contributed by atoms with Gasteiger partial charge in [0.25, 0.3) is 5.56 Å². The summed E-state index contributed by atoms with van der Waals surface area (Å²) in [6.07, 6.45) is 0. The molecule has 0 radical (unpaired) electrons. The fourth-order valence-electron chi connectivity index (χ4n) is 2.76. The highest BCUT2D eigenvalue weighted by atomic mass is 35.5. The molecule has 0 aliphatic rings. The van der Waals surface area contributed by atoms with Crippen molar-refractivity contribution in [2.45, 2.75) is 6.61 Å². The van der Waals surface area contributed by atoms with Crippen LogP contribution in [-0.2, 0) is 18.4 Å². The molecule has 0 saturated heterocycles. The van der Waals surface area contributed by atoms with Crippen LogP contribution in [0.15, 0.2) is 58.7 Å². The minimum absolute atomic E-state index is 0.0156. The molecule has 4 rings (SSSR count). The van der Waals surface area contributed by atoms with Crippen molar-refractivity contribution >= 4 is 39.7 Å². The zero-order valence-electron chi connectivity index (χ0n) is 14.8. The van der Waals surface area contributed by atoms with Gasteiger partial charge >= 0.3 is 5.97 Å². The topological polar surface area (TPSA) is 74.1 Å². The Labute approximate surface area is 169 Å². The van der Waals surface area contributed by atoms with Crippen LogP contribution in [-0.4, -0.2) is 20.7 Å². The van der Waals surface area contributed by atoms with Gasteiger partial charge < -0.3 is 4.74 Å². The van der Waals surface area contributed by atoms with Crippen LogP contribution in [0.1, 0.15) is 16.2 Å². The number of hydrogen-bond acceptors (Lipinski definition) is 6. The summed E-state index contributed by atoms with van der Waals surface area (Å²) in [5, 5.41) is 8.27. The molecule has 0 amide bonds. The zero-order valence-corrected chi connectivity index (χ0v) is 16.3. The Hall–Kier alpha value is -3.03. The first-order valence-corrected chi connectivity index (χ1v) is 9.62. The van der Waals surface area contributed by atoms with Gasteiger partial charge in [-0.2, -0.15) is 5.10 Å². The van der Waals surface area contributed by atoms with Gasteiger partial charge in [0.1, 0.15) is 11.6 Å². The lowest BCUT2D eigenvalue weighted by molar-refractivity contribution is 0.0461. The van der Waals surface area contributed by atoms with E-state index in [9.17, 15) is 9.59 Å². The zero-order chi connectivity index (χ0) is 19.7. The number of carbonyl (C=O) groups excluding carboxylic acids is 1. The number of aromatic nitrogens is 3. The van der Waals surface area contributed by atoms with E-state index in [0.717, 1.165) is 15.3 Å². The predicted molar refractivity (Wildman–Crippen MR) is 109 cm³/mol. The molecule has 2 heterocycles. The van der Waals surface area contributed by atoms with E-state index in [1.807, 2.05) is 17.5 Å². The van der Waals surface area contributed by atoms with E-state index in [0.29, 0.717) is 21.5 Å². The quantitative estimate of drug-likeness (QED) is 0.473. The van der Waals surface area contributed by atoms with Crippen LogP contribution in [0.4, 0.5) is 0 Å². The maximum atomic E-state index is 12.6. The minimum atomic E-state index is -0.604. The summed E-state index contributed by atoms with van der Waals surface area (Å²) in [6.45, 7) is 0.0156. The number of fused-ring (bicyclic) bond motifs is 1. The average Bonchev–Trinajstić information content (AvgIpc) is 3.18. The molecule has 0 aliphatic heterocycles. The number of esters is 1. The van der Waals surface area contributed by atoms with Gasteiger partial charge in [-0.15, -0.1) is 11.3 Å². The molecule has 2 aromatic carbocycles. The molecule has 28 heavy (non-hydrogen) atoms. The van der Waals surface area contributed by atoms with Crippen LogP contribution in [0, 0.1) is 0 Å². The van der Waals surface area contributed by atoms with E-state index in [1.54, 1.807) is 36.4 Å². The van der Waals surface area contributed by atoms with Crippen molar-refractivity contribution in [1.82, 2.24) is 14.8 Å². The van der Waals surface area contributed by atoms with Gasteiger partial charge in [-0.25, -0.2) is 14.5 Å². The fourth-order valence-corrected chi connectivity index (χ4v) is 3.69. The van der Waals surface area contributed by atoms with Crippen molar-refractivity contribution in [2.75, 3.05) is 0 Å². The lowest BCUT2D eigenvalue weighted by atomic mass is 10.1. The Kier molecular flexibility index (Phi) is 4.93. The van der Waals surface area contributed by atoms with Crippen molar-refractivity contribution in [3.63, 3.8) is 0 Å². The van der Waals surface area contributed by atoms with Gasteiger partial charge in [-0.3, -0.25) is 4.79 Å². The summed E-state index contributed by atoms with van der Waals surface area (Å²) in [7, 11) is 1.50. The molecule has 4 aromatic rings. The van der Waals surface area contributed by atoms with E-state index in [4.69, 9.17) is 16.3 Å². The maximum absolute atomic E-state index is 12.6. The molecule has 0 saturated carbocycles. The molecule has 6 nitrogen and oxygen atoms in total. The number of hydrogen-bond donors (Lipinski definition) is 0. The Bertz CT molecular complexity index is 1230. The van der Waals surface area contributed by atoms with Crippen molar-refractivity contribution in [3.05, 3.63) is 80.7 Å². The lowest BCUT2D eigenvalue weighted by Gasteiger charge is -2.07. The van der Waals surface area contributed by atoms with Crippen molar-refractivity contribution in [3.8, 4) is 10.6 Å². The predicted octanol–water partition coefficient (Wildman–Crippen LogP) is 4.07. The molecule has 140 valence electrons. The van der Waals surface area contributed by atoms with Gasteiger partial charge in [0, 0.05) is 28.4 Å². The molecule has 0 unspecified atom stereocenters. The number of rotatable bonds is 4. The molecule has 0 spiro atoms. The molecule has 8 heteroatoms. The molecular formula is C20H14ClN3O3S. The first kappa shape index (κ1) is 18.3. The van der Waals surface area contributed by atoms with Crippen molar-refractivity contribution < 1.29 is 9.53 Å². The Morgan fingerprint density at radius 1 is 1.14 bits per heavy atom. The summed E-state index contributed by atoms with van der Waals surface area (Å²) in [4.78, 5) is 29.2. The highest BCUT2D eigenvalue weighted by Crippen LogP contribution is 2.25. The minimum Gasteiger partial charge on any atom is -0.454 e. The van der Waals surface area contributed by atoms with Crippen LogP contribution in [0.5, 0.6) is 0 Å².